The second-order valence-electron chi connectivity index (χ2n) is 12.9. The van der Waals surface area contributed by atoms with Gasteiger partial charge in [-0.1, -0.05) is 182 Å². The van der Waals surface area contributed by atoms with E-state index in [9.17, 15) is 5.11 Å². The van der Waals surface area contributed by atoms with Crippen molar-refractivity contribution in [1.29, 1.82) is 0 Å². The Balaban J connectivity index is 1.25. The monoisotopic (exact) mass is 692 g/mol. The van der Waals surface area contributed by atoms with Gasteiger partial charge in [-0.3, -0.25) is 0 Å². The van der Waals surface area contributed by atoms with Gasteiger partial charge in [0.05, 0.1) is 26.4 Å². The topological polar surface area (TPSA) is 66.4 Å². The number of aliphatic hydroxyl groups is 1. The molecule has 1 aliphatic heterocycles. The lowest BCUT2D eigenvalue weighted by atomic mass is 9.80. The van der Waals surface area contributed by atoms with Gasteiger partial charge in [0.2, 0.25) is 0 Å². The highest BCUT2D eigenvalue weighted by Gasteiger charge is 2.49. The van der Waals surface area contributed by atoms with Crippen molar-refractivity contribution in [2.24, 2.45) is 0 Å². The third-order valence-corrected chi connectivity index (χ3v) is 9.47. The van der Waals surface area contributed by atoms with Crippen LogP contribution in [0.25, 0.3) is 0 Å². The molecule has 7 rings (SSSR count). The first-order valence-corrected chi connectivity index (χ1v) is 17.8. The van der Waals surface area contributed by atoms with E-state index in [0.717, 1.165) is 33.4 Å². The zero-order valence-electron chi connectivity index (χ0n) is 29.0. The molecule has 0 saturated carbocycles. The van der Waals surface area contributed by atoms with Crippen molar-refractivity contribution in [1.82, 2.24) is 0 Å². The predicted molar refractivity (Wildman–Crippen MR) is 201 cm³/mol. The zero-order valence-corrected chi connectivity index (χ0v) is 29.0. The van der Waals surface area contributed by atoms with E-state index < -0.39 is 36.3 Å². The molecule has 1 aliphatic rings. The van der Waals surface area contributed by atoms with Gasteiger partial charge < -0.3 is 28.8 Å². The molecule has 6 aromatic rings. The number of benzene rings is 6. The number of aliphatic hydroxyl groups excluding tert-OH is 1. The largest absolute Gasteiger partial charge is 0.368 e. The maximum absolute atomic E-state index is 11.7. The molecule has 0 spiro atoms. The van der Waals surface area contributed by atoms with E-state index in [4.69, 9.17) is 23.7 Å². The molecule has 6 aromatic carbocycles. The number of hydrogen-bond acceptors (Lipinski definition) is 6. The summed E-state index contributed by atoms with van der Waals surface area (Å²) in [4.78, 5) is 0. The predicted octanol–water partition coefficient (Wildman–Crippen LogP) is 8.47. The van der Waals surface area contributed by atoms with Crippen LogP contribution in [0, 0.1) is 0 Å². The summed E-state index contributed by atoms with van der Waals surface area (Å²) in [5, 5.41) is 11.7. The van der Waals surface area contributed by atoms with Gasteiger partial charge >= 0.3 is 0 Å². The minimum absolute atomic E-state index is 0.0752. The van der Waals surface area contributed by atoms with Gasteiger partial charge in [-0.15, -0.1) is 0 Å². The second-order valence-corrected chi connectivity index (χ2v) is 12.9. The van der Waals surface area contributed by atoms with E-state index in [2.05, 4.69) is 36.4 Å². The van der Waals surface area contributed by atoms with Crippen molar-refractivity contribution in [3.8, 4) is 0 Å². The smallest absolute Gasteiger partial charge is 0.184 e. The molecule has 52 heavy (non-hydrogen) atoms. The summed E-state index contributed by atoms with van der Waals surface area (Å²) in [7, 11) is 0. The first-order valence-electron chi connectivity index (χ1n) is 17.8. The molecule has 6 nitrogen and oxygen atoms in total. The average Bonchev–Trinajstić information content (AvgIpc) is 3.22. The standard InChI is InChI=1S/C46H44O6/c47-45-44(50-33-37-23-11-3-12-24-37)43(49-32-36-21-9-2-10-22-36)42(48-31-35-19-7-1-8-20-35)41(52-45)34-51-46(38-25-13-4-14-26-38,39-27-15-5-16-28-39)40-29-17-6-18-30-40/h1-30,41-45,47H,31-34H2/t41-,42+,43+,44-,45-/m0/s1. The van der Waals surface area contributed by atoms with Crippen LogP contribution in [-0.2, 0) is 49.1 Å². The molecule has 264 valence electrons. The van der Waals surface area contributed by atoms with Crippen LogP contribution < -0.4 is 0 Å². The molecule has 1 N–H and O–H groups in total. The molecule has 0 radical (unpaired) electrons. The van der Waals surface area contributed by atoms with Crippen LogP contribution in [0.1, 0.15) is 33.4 Å². The van der Waals surface area contributed by atoms with Gasteiger partial charge in [0.15, 0.2) is 6.29 Å². The minimum Gasteiger partial charge on any atom is -0.368 e. The van der Waals surface area contributed by atoms with Crippen LogP contribution in [0.15, 0.2) is 182 Å². The van der Waals surface area contributed by atoms with E-state index in [1.165, 1.54) is 0 Å². The molecule has 0 unspecified atom stereocenters. The zero-order chi connectivity index (χ0) is 35.4. The van der Waals surface area contributed by atoms with Crippen molar-refractivity contribution in [3.63, 3.8) is 0 Å². The van der Waals surface area contributed by atoms with Gasteiger partial charge in [0.1, 0.15) is 30.0 Å². The molecule has 1 saturated heterocycles. The highest BCUT2D eigenvalue weighted by Crippen LogP contribution is 2.41. The first kappa shape index (κ1) is 35.5. The fourth-order valence-corrected chi connectivity index (χ4v) is 6.87. The van der Waals surface area contributed by atoms with Crippen molar-refractivity contribution < 1.29 is 28.8 Å². The summed E-state index contributed by atoms with van der Waals surface area (Å²) in [5.41, 5.74) is 4.87. The van der Waals surface area contributed by atoms with Gasteiger partial charge in [0, 0.05) is 0 Å². The number of rotatable bonds is 15. The number of ether oxygens (including phenoxy) is 5. The quantitative estimate of drug-likeness (QED) is 0.109. The minimum atomic E-state index is -1.31. The number of hydrogen-bond donors (Lipinski definition) is 1. The average molecular weight is 693 g/mol. The second kappa shape index (κ2) is 17.5. The first-order chi connectivity index (χ1) is 25.7. The van der Waals surface area contributed by atoms with Crippen LogP contribution in [0.4, 0.5) is 0 Å². The van der Waals surface area contributed by atoms with Crippen LogP contribution in [0.2, 0.25) is 0 Å². The molecule has 6 heteroatoms. The molecule has 0 bridgehead atoms. The van der Waals surface area contributed by atoms with E-state index >= 15 is 0 Å². The van der Waals surface area contributed by atoms with E-state index in [1.807, 2.05) is 146 Å². The normalized spacial score (nSPS) is 20.4. The van der Waals surface area contributed by atoms with Crippen LogP contribution >= 0.6 is 0 Å². The van der Waals surface area contributed by atoms with Crippen molar-refractivity contribution in [3.05, 3.63) is 215 Å². The maximum atomic E-state index is 11.7. The Kier molecular flexibility index (Phi) is 12.0. The highest BCUT2D eigenvalue weighted by atomic mass is 16.7. The summed E-state index contributed by atoms with van der Waals surface area (Å²) in [5.74, 6) is 0. The van der Waals surface area contributed by atoms with Crippen molar-refractivity contribution >= 4 is 0 Å². The Morgan fingerprint density at radius 3 is 1.13 bits per heavy atom. The third-order valence-electron chi connectivity index (χ3n) is 9.47. The Morgan fingerprint density at radius 2 is 0.750 bits per heavy atom. The van der Waals surface area contributed by atoms with E-state index in [-0.39, 0.29) is 13.2 Å². The SMILES string of the molecule is O[C@H]1O[C@@H](COC(c2ccccc2)(c2ccccc2)c2ccccc2)[C@@H](OCc2ccccc2)[C@@H](OCc2ccccc2)[C@@H]1OCc1ccccc1. The van der Waals surface area contributed by atoms with Gasteiger partial charge in [-0.05, 0) is 33.4 Å². The molecule has 1 fully saturated rings. The molecule has 5 atom stereocenters. The molecular weight excluding hydrogens is 649 g/mol. The van der Waals surface area contributed by atoms with E-state index in [1.54, 1.807) is 0 Å². The summed E-state index contributed by atoms with van der Waals surface area (Å²) >= 11 is 0. The summed E-state index contributed by atoms with van der Waals surface area (Å²) < 4.78 is 33.6. The Labute approximate surface area is 306 Å². The van der Waals surface area contributed by atoms with Crippen LogP contribution in [0.5, 0.6) is 0 Å². The maximum Gasteiger partial charge on any atom is 0.184 e. The lowest BCUT2D eigenvalue weighted by Gasteiger charge is -2.45. The van der Waals surface area contributed by atoms with Gasteiger partial charge in [-0.2, -0.15) is 0 Å². The summed E-state index contributed by atoms with van der Waals surface area (Å²) in [6.45, 7) is 0.943. The molecular formula is C46H44O6. The molecule has 0 aliphatic carbocycles. The molecule has 0 amide bonds. The fraction of sp³-hybridized carbons (Fsp3) is 0.217. The van der Waals surface area contributed by atoms with Gasteiger partial charge in [-0.25, -0.2) is 0 Å². The Bertz CT molecular complexity index is 1800. The van der Waals surface area contributed by atoms with Crippen molar-refractivity contribution in [2.45, 2.75) is 56.1 Å². The lowest BCUT2D eigenvalue weighted by Crippen LogP contribution is -2.61. The van der Waals surface area contributed by atoms with Gasteiger partial charge in [0.25, 0.3) is 0 Å². The van der Waals surface area contributed by atoms with Crippen molar-refractivity contribution in [2.75, 3.05) is 6.61 Å². The van der Waals surface area contributed by atoms with Crippen LogP contribution in [0.3, 0.4) is 0 Å². The molecule has 0 aromatic heterocycles. The molecule has 1 heterocycles. The Hall–Kier alpha value is -4.92. The lowest BCUT2D eigenvalue weighted by molar-refractivity contribution is -0.319. The summed E-state index contributed by atoms with van der Waals surface area (Å²) in [6, 6.07) is 60.5. The van der Waals surface area contributed by atoms with E-state index in [0.29, 0.717) is 13.2 Å². The highest BCUT2D eigenvalue weighted by molar-refractivity contribution is 5.47. The fourth-order valence-electron chi connectivity index (χ4n) is 6.87. The Morgan fingerprint density at radius 1 is 0.423 bits per heavy atom. The third kappa shape index (κ3) is 8.41. The summed E-state index contributed by atoms with van der Waals surface area (Å²) in [6.07, 6.45) is -4.26. The van der Waals surface area contributed by atoms with Crippen LogP contribution in [-0.4, -0.2) is 42.4 Å².